The van der Waals surface area contributed by atoms with Gasteiger partial charge < -0.3 is 10.1 Å². The van der Waals surface area contributed by atoms with Gasteiger partial charge in [0.15, 0.2) is 5.75 Å². The van der Waals surface area contributed by atoms with Crippen LogP contribution >= 0.6 is 11.8 Å². The van der Waals surface area contributed by atoms with Crippen molar-refractivity contribution in [2.45, 2.75) is 4.90 Å². The number of benzene rings is 2. The Morgan fingerprint density at radius 2 is 2.00 bits per heavy atom. The molecule has 0 atom stereocenters. The third-order valence-electron chi connectivity index (χ3n) is 2.91. The summed E-state index contributed by atoms with van der Waals surface area (Å²) in [5, 5.41) is 24.1. The van der Waals surface area contributed by atoms with Crippen LogP contribution in [-0.2, 0) is 0 Å². The van der Waals surface area contributed by atoms with E-state index in [1.54, 1.807) is 24.3 Å². The Morgan fingerprint density at radius 1 is 1.30 bits per heavy atom. The zero-order valence-electron chi connectivity index (χ0n) is 12.0. The van der Waals surface area contributed by atoms with E-state index in [1.165, 1.54) is 19.2 Å². The van der Waals surface area contributed by atoms with Gasteiger partial charge in [0.2, 0.25) is 0 Å². The fraction of sp³-hybridized carbons (Fsp3) is 0.0667. The van der Waals surface area contributed by atoms with Gasteiger partial charge in [0.1, 0.15) is 5.40 Å². The molecule has 1 N–H and O–H groups in total. The van der Waals surface area contributed by atoms with Gasteiger partial charge in [-0.05, 0) is 48.2 Å². The summed E-state index contributed by atoms with van der Waals surface area (Å²) in [6.45, 7) is 0. The lowest BCUT2D eigenvalue weighted by molar-refractivity contribution is -0.385. The lowest BCUT2D eigenvalue weighted by Gasteiger charge is -2.07. The number of nitro benzene ring substituents is 1. The third kappa shape index (κ3) is 3.99. The summed E-state index contributed by atoms with van der Waals surface area (Å²) in [6.07, 6.45) is 0. The number of anilines is 1. The molecule has 0 aliphatic rings. The highest BCUT2D eigenvalue weighted by atomic mass is 32.2. The number of methoxy groups -OCH3 is 1. The van der Waals surface area contributed by atoms with Gasteiger partial charge in [0.25, 0.3) is 5.91 Å². The van der Waals surface area contributed by atoms with Crippen molar-refractivity contribution in [2.24, 2.45) is 0 Å². The molecule has 2 rings (SSSR count). The highest BCUT2D eigenvalue weighted by molar-refractivity contribution is 8.03. The van der Waals surface area contributed by atoms with Crippen molar-refractivity contribution < 1.29 is 14.5 Å². The lowest BCUT2D eigenvalue weighted by Crippen LogP contribution is -2.12. The number of nitriles is 1. The fourth-order valence-electron chi connectivity index (χ4n) is 1.84. The molecule has 0 aliphatic carbocycles. The number of nitro groups is 1. The molecule has 1 amide bonds. The van der Waals surface area contributed by atoms with E-state index >= 15 is 0 Å². The fourth-order valence-corrected chi connectivity index (χ4v) is 2.21. The van der Waals surface area contributed by atoms with Crippen molar-refractivity contribution in [3.63, 3.8) is 0 Å². The Kier molecular flexibility index (Phi) is 5.17. The number of thiocyanates is 1. The van der Waals surface area contributed by atoms with Crippen LogP contribution in [0, 0.1) is 20.8 Å². The van der Waals surface area contributed by atoms with Crippen LogP contribution in [0.15, 0.2) is 47.4 Å². The molecule has 0 saturated carbocycles. The first-order valence-corrected chi connectivity index (χ1v) is 7.16. The van der Waals surface area contributed by atoms with Crippen LogP contribution < -0.4 is 10.1 Å². The summed E-state index contributed by atoms with van der Waals surface area (Å²) in [7, 11) is 1.32. The van der Waals surface area contributed by atoms with Gasteiger partial charge in [0, 0.05) is 22.2 Å². The van der Waals surface area contributed by atoms with Crippen molar-refractivity contribution in [1.82, 2.24) is 0 Å². The maximum atomic E-state index is 12.2. The number of nitrogens with zero attached hydrogens (tertiary/aromatic N) is 2. The molecule has 0 aromatic heterocycles. The van der Waals surface area contributed by atoms with E-state index < -0.39 is 10.8 Å². The Morgan fingerprint density at radius 3 is 2.57 bits per heavy atom. The zero-order valence-corrected chi connectivity index (χ0v) is 12.8. The molecule has 0 heterocycles. The number of carbonyl (C=O) groups is 1. The maximum Gasteiger partial charge on any atom is 0.311 e. The summed E-state index contributed by atoms with van der Waals surface area (Å²) in [6, 6.07) is 10.7. The van der Waals surface area contributed by atoms with Crippen molar-refractivity contribution in [2.75, 3.05) is 12.4 Å². The second kappa shape index (κ2) is 7.29. The summed E-state index contributed by atoms with van der Waals surface area (Å²) < 4.78 is 4.89. The third-order valence-corrected chi connectivity index (χ3v) is 3.51. The van der Waals surface area contributed by atoms with Crippen molar-refractivity contribution in [3.05, 3.63) is 58.1 Å². The van der Waals surface area contributed by atoms with Gasteiger partial charge in [-0.25, -0.2) is 0 Å². The molecule has 0 saturated heterocycles. The summed E-state index contributed by atoms with van der Waals surface area (Å²) in [4.78, 5) is 23.3. The monoisotopic (exact) mass is 329 g/mol. The number of rotatable bonds is 5. The predicted octanol–water partition coefficient (Wildman–Crippen LogP) is 3.43. The summed E-state index contributed by atoms with van der Waals surface area (Å²) >= 11 is 1.01. The molecule has 0 unspecified atom stereocenters. The lowest BCUT2D eigenvalue weighted by atomic mass is 10.1. The van der Waals surface area contributed by atoms with Gasteiger partial charge in [-0.2, -0.15) is 5.26 Å². The van der Waals surface area contributed by atoms with Crippen LogP contribution in [-0.4, -0.2) is 17.9 Å². The molecule has 2 aromatic rings. The molecule has 8 heteroatoms. The minimum Gasteiger partial charge on any atom is -0.490 e. The first-order valence-electron chi connectivity index (χ1n) is 6.35. The first-order chi connectivity index (χ1) is 11.0. The molecule has 7 nitrogen and oxygen atoms in total. The normalized spacial score (nSPS) is 9.74. The van der Waals surface area contributed by atoms with Crippen LogP contribution in [0.1, 0.15) is 10.4 Å². The Hall–Kier alpha value is -3.05. The number of nitrogens with one attached hydrogen (secondary N) is 1. The molecule has 0 aliphatic heterocycles. The van der Waals surface area contributed by atoms with E-state index in [1.807, 2.05) is 5.40 Å². The van der Waals surface area contributed by atoms with Crippen LogP contribution in [0.5, 0.6) is 5.75 Å². The minimum absolute atomic E-state index is 0.0874. The first kappa shape index (κ1) is 16.3. The van der Waals surface area contributed by atoms with Crippen molar-refractivity contribution in [1.29, 1.82) is 5.26 Å². The number of hydrogen-bond acceptors (Lipinski definition) is 6. The second-order valence-electron chi connectivity index (χ2n) is 4.32. The standard InChI is InChI=1S/C15H11N3O4S/c1-22-14-7-2-10(8-13(14)18(20)21)15(19)17-11-3-5-12(6-4-11)23-9-16/h2-8H,1H3,(H,17,19). The maximum absolute atomic E-state index is 12.2. The van der Waals surface area contributed by atoms with E-state index in [4.69, 9.17) is 10.00 Å². The average Bonchev–Trinajstić information content (AvgIpc) is 2.56. The topological polar surface area (TPSA) is 105 Å². The summed E-state index contributed by atoms with van der Waals surface area (Å²) in [5.41, 5.74) is 0.393. The van der Waals surface area contributed by atoms with Crippen molar-refractivity contribution in [3.8, 4) is 11.2 Å². The van der Waals surface area contributed by atoms with E-state index in [9.17, 15) is 14.9 Å². The van der Waals surface area contributed by atoms with E-state index in [0.717, 1.165) is 22.7 Å². The quantitative estimate of drug-likeness (QED) is 0.390. The molecule has 2 aromatic carbocycles. The number of carbonyl (C=O) groups excluding carboxylic acids is 1. The van der Waals surface area contributed by atoms with Gasteiger partial charge in [-0.15, -0.1) is 0 Å². The Balaban J connectivity index is 2.19. The van der Waals surface area contributed by atoms with Crippen LogP contribution in [0.3, 0.4) is 0 Å². The molecule has 0 radical (unpaired) electrons. The molecule has 0 bridgehead atoms. The van der Waals surface area contributed by atoms with Crippen molar-refractivity contribution >= 4 is 29.0 Å². The van der Waals surface area contributed by atoms with Gasteiger partial charge in [-0.1, -0.05) is 0 Å². The van der Waals surface area contributed by atoms with E-state index in [0.29, 0.717) is 5.69 Å². The van der Waals surface area contributed by atoms with E-state index in [-0.39, 0.29) is 17.0 Å². The van der Waals surface area contributed by atoms with E-state index in [2.05, 4.69) is 5.32 Å². The highest BCUT2D eigenvalue weighted by Crippen LogP contribution is 2.28. The molecule has 23 heavy (non-hydrogen) atoms. The van der Waals surface area contributed by atoms with Crippen LogP contribution in [0.4, 0.5) is 11.4 Å². The molecule has 0 fully saturated rings. The smallest absolute Gasteiger partial charge is 0.311 e. The highest BCUT2D eigenvalue weighted by Gasteiger charge is 2.18. The van der Waals surface area contributed by atoms with Crippen LogP contribution in [0.2, 0.25) is 0 Å². The minimum atomic E-state index is -0.608. The molecular formula is C15H11N3O4S. The number of thioether (sulfide) groups is 1. The average molecular weight is 329 g/mol. The molecule has 116 valence electrons. The predicted molar refractivity (Wildman–Crippen MR) is 85.5 cm³/mol. The van der Waals surface area contributed by atoms with Gasteiger partial charge >= 0.3 is 5.69 Å². The largest absolute Gasteiger partial charge is 0.490 e. The number of ether oxygens (including phenoxy) is 1. The van der Waals surface area contributed by atoms with Gasteiger partial charge in [0.05, 0.1) is 12.0 Å². The van der Waals surface area contributed by atoms with Gasteiger partial charge in [-0.3, -0.25) is 14.9 Å². The Bertz CT molecular complexity index is 784. The Labute approximate surface area is 136 Å². The number of amides is 1. The SMILES string of the molecule is COc1ccc(C(=O)Nc2ccc(SC#N)cc2)cc1[N+](=O)[O-]. The summed E-state index contributed by atoms with van der Waals surface area (Å²) in [5.74, 6) is -0.388. The molecule has 0 spiro atoms. The molecular weight excluding hydrogens is 318 g/mol. The zero-order chi connectivity index (χ0) is 16.8. The van der Waals surface area contributed by atoms with Crippen LogP contribution in [0.25, 0.3) is 0 Å². The second-order valence-corrected chi connectivity index (χ2v) is 5.17. The number of hydrogen-bond donors (Lipinski definition) is 1.